The van der Waals surface area contributed by atoms with E-state index in [4.69, 9.17) is 21.1 Å². The van der Waals surface area contributed by atoms with E-state index in [2.05, 4.69) is 31.1 Å². The number of carbonyl (C=O) groups excluding carboxylic acids is 1. The van der Waals surface area contributed by atoms with E-state index >= 15 is 0 Å². The molecule has 1 aromatic carbocycles. The van der Waals surface area contributed by atoms with Gasteiger partial charge in [-0.1, -0.05) is 25.4 Å². The first-order valence-electron chi connectivity index (χ1n) is 8.90. The highest BCUT2D eigenvalue weighted by Crippen LogP contribution is 2.36. The van der Waals surface area contributed by atoms with Gasteiger partial charge in [0.1, 0.15) is 0 Å². The fraction of sp³-hybridized carbons (Fsp3) is 0.632. The minimum Gasteiger partial charge on any atom is -0.493 e. The summed E-state index contributed by atoms with van der Waals surface area (Å²) in [6.07, 6.45) is 2.85. The van der Waals surface area contributed by atoms with E-state index in [0.29, 0.717) is 34.6 Å². The average molecular weight is 369 g/mol. The Bertz CT molecular complexity index is 584. The van der Waals surface area contributed by atoms with E-state index in [-0.39, 0.29) is 11.9 Å². The second-order valence-corrected chi connectivity index (χ2v) is 7.48. The van der Waals surface area contributed by atoms with Crippen LogP contribution in [0.2, 0.25) is 5.02 Å². The summed E-state index contributed by atoms with van der Waals surface area (Å²) in [4.78, 5) is 14.8. The molecule has 140 valence electrons. The molecule has 1 aliphatic heterocycles. The van der Waals surface area contributed by atoms with Gasteiger partial charge < -0.3 is 19.7 Å². The first kappa shape index (κ1) is 19.9. The van der Waals surface area contributed by atoms with Crippen LogP contribution < -0.4 is 14.8 Å². The van der Waals surface area contributed by atoms with E-state index in [1.54, 1.807) is 19.2 Å². The SMILES string of the molecule is COc1cc(C(=O)NC2CCN(C)CC2)cc(Cl)c1OCCC(C)C. The Morgan fingerprint density at radius 3 is 2.64 bits per heavy atom. The lowest BCUT2D eigenvalue weighted by molar-refractivity contribution is 0.0916. The van der Waals surface area contributed by atoms with Crippen LogP contribution in [0.25, 0.3) is 0 Å². The maximum Gasteiger partial charge on any atom is 0.251 e. The van der Waals surface area contributed by atoms with Crippen LogP contribution in [0, 0.1) is 5.92 Å². The molecule has 0 bridgehead atoms. The minimum absolute atomic E-state index is 0.122. The lowest BCUT2D eigenvalue weighted by atomic mass is 10.0. The number of nitrogens with zero attached hydrogens (tertiary/aromatic N) is 1. The molecule has 1 aromatic rings. The van der Waals surface area contributed by atoms with E-state index in [1.807, 2.05) is 0 Å². The molecule has 2 rings (SSSR count). The van der Waals surface area contributed by atoms with Gasteiger partial charge in [0.15, 0.2) is 11.5 Å². The van der Waals surface area contributed by atoms with Gasteiger partial charge in [-0.2, -0.15) is 0 Å². The number of nitrogens with one attached hydrogen (secondary N) is 1. The number of hydrogen-bond acceptors (Lipinski definition) is 4. The first-order chi connectivity index (χ1) is 11.9. The Balaban J connectivity index is 2.05. The number of rotatable bonds is 7. The summed E-state index contributed by atoms with van der Waals surface area (Å²) in [5, 5.41) is 3.49. The molecular weight excluding hydrogens is 340 g/mol. The smallest absolute Gasteiger partial charge is 0.251 e. The molecule has 5 nitrogen and oxygen atoms in total. The minimum atomic E-state index is -0.122. The number of piperidine rings is 1. The molecule has 1 heterocycles. The second-order valence-electron chi connectivity index (χ2n) is 7.07. The summed E-state index contributed by atoms with van der Waals surface area (Å²) in [7, 11) is 3.65. The summed E-state index contributed by atoms with van der Waals surface area (Å²) < 4.78 is 11.2. The number of carbonyl (C=O) groups is 1. The van der Waals surface area contributed by atoms with Crippen molar-refractivity contribution in [3.05, 3.63) is 22.7 Å². The van der Waals surface area contributed by atoms with Crippen molar-refractivity contribution in [3.8, 4) is 11.5 Å². The number of halogens is 1. The van der Waals surface area contributed by atoms with Crippen LogP contribution in [-0.4, -0.2) is 50.7 Å². The molecule has 0 saturated carbocycles. The molecule has 0 aromatic heterocycles. The molecule has 1 N–H and O–H groups in total. The number of likely N-dealkylation sites (tertiary alicyclic amines) is 1. The topological polar surface area (TPSA) is 50.8 Å². The quantitative estimate of drug-likeness (QED) is 0.799. The summed E-state index contributed by atoms with van der Waals surface area (Å²) in [6, 6.07) is 3.55. The Morgan fingerprint density at radius 2 is 2.04 bits per heavy atom. The molecule has 1 saturated heterocycles. The maximum atomic E-state index is 12.5. The number of methoxy groups -OCH3 is 1. The van der Waals surface area contributed by atoms with Crippen LogP contribution in [0.3, 0.4) is 0 Å². The Kier molecular flexibility index (Phi) is 7.38. The maximum absolute atomic E-state index is 12.5. The third kappa shape index (κ3) is 5.79. The van der Waals surface area contributed by atoms with Gasteiger partial charge in [-0.25, -0.2) is 0 Å². The number of ether oxygens (including phenoxy) is 2. The van der Waals surface area contributed by atoms with Gasteiger partial charge in [0.05, 0.1) is 18.7 Å². The normalized spacial score (nSPS) is 16.1. The predicted octanol–water partition coefficient (Wildman–Crippen LogP) is 3.60. The molecular formula is C19H29ClN2O3. The van der Waals surface area contributed by atoms with Crippen molar-refractivity contribution < 1.29 is 14.3 Å². The lowest BCUT2D eigenvalue weighted by Gasteiger charge is -2.29. The van der Waals surface area contributed by atoms with Gasteiger partial charge in [-0.05, 0) is 57.5 Å². The van der Waals surface area contributed by atoms with Gasteiger partial charge in [0.25, 0.3) is 5.91 Å². The molecule has 1 amide bonds. The van der Waals surface area contributed by atoms with Crippen LogP contribution in [0.4, 0.5) is 0 Å². The summed E-state index contributed by atoms with van der Waals surface area (Å²) in [6.45, 7) is 6.83. The van der Waals surface area contributed by atoms with Crippen LogP contribution in [0.5, 0.6) is 11.5 Å². The van der Waals surface area contributed by atoms with Crippen molar-refractivity contribution in [3.63, 3.8) is 0 Å². The second kappa shape index (κ2) is 9.30. The summed E-state index contributed by atoms with van der Waals surface area (Å²) >= 11 is 6.34. The van der Waals surface area contributed by atoms with Gasteiger partial charge >= 0.3 is 0 Å². The van der Waals surface area contributed by atoms with Crippen molar-refractivity contribution >= 4 is 17.5 Å². The molecule has 0 aliphatic carbocycles. The van der Waals surface area contributed by atoms with Gasteiger partial charge in [-0.15, -0.1) is 0 Å². The fourth-order valence-electron chi connectivity index (χ4n) is 2.81. The fourth-order valence-corrected chi connectivity index (χ4v) is 3.07. The molecule has 0 atom stereocenters. The van der Waals surface area contributed by atoms with Crippen LogP contribution in [-0.2, 0) is 0 Å². The van der Waals surface area contributed by atoms with Gasteiger partial charge in [0.2, 0.25) is 0 Å². The summed E-state index contributed by atoms with van der Waals surface area (Å²) in [5.74, 6) is 1.42. The molecule has 0 spiro atoms. The van der Waals surface area contributed by atoms with Crippen LogP contribution >= 0.6 is 11.6 Å². The number of hydrogen-bond donors (Lipinski definition) is 1. The van der Waals surface area contributed by atoms with Crippen molar-refractivity contribution in [1.82, 2.24) is 10.2 Å². The van der Waals surface area contributed by atoms with E-state index in [9.17, 15) is 4.79 Å². The van der Waals surface area contributed by atoms with Crippen LogP contribution in [0.15, 0.2) is 12.1 Å². The predicted molar refractivity (Wildman–Crippen MR) is 101 cm³/mol. The summed E-state index contributed by atoms with van der Waals surface area (Å²) in [5.41, 5.74) is 0.497. The van der Waals surface area contributed by atoms with Crippen molar-refractivity contribution in [2.24, 2.45) is 5.92 Å². The Labute approximate surface area is 155 Å². The van der Waals surface area contributed by atoms with E-state index in [1.165, 1.54) is 0 Å². The lowest BCUT2D eigenvalue weighted by Crippen LogP contribution is -2.43. The molecule has 6 heteroatoms. The zero-order valence-corrected chi connectivity index (χ0v) is 16.4. The largest absolute Gasteiger partial charge is 0.493 e. The number of amides is 1. The Hall–Kier alpha value is -1.46. The standard InChI is InChI=1S/C19H29ClN2O3/c1-13(2)7-10-25-18-16(20)11-14(12-17(18)24-4)19(23)21-15-5-8-22(3)9-6-15/h11-13,15H,5-10H2,1-4H3,(H,21,23). The van der Waals surface area contributed by atoms with E-state index in [0.717, 1.165) is 32.4 Å². The van der Waals surface area contributed by atoms with Crippen molar-refractivity contribution in [2.45, 2.75) is 39.2 Å². The molecule has 1 aliphatic rings. The highest BCUT2D eigenvalue weighted by molar-refractivity contribution is 6.32. The van der Waals surface area contributed by atoms with Crippen LogP contribution in [0.1, 0.15) is 43.5 Å². The van der Waals surface area contributed by atoms with Crippen molar-refractivity contribution in [2.75, 3.05) is 33.9 Å². The molecule has 25 heavy (non-hydrogen) atoms. The first-order valence-corrected chi connectivity index (χ1v) is 9.28. The molecule has 0 radical (unpaired) electrons. The monoisotopic (exact) mass is 368 g/mol. The van der Waals surface area contributed by atoms with Crippen molar-refractivity contribution in [1.29, 1.82) is 0 Å². The average Bonchev–Trinajstić information content (AvgIpc) is 2.57. The highest BCUT2D eigenvalue weighted by Gasteiger charge is 2.21. The Morgan fingerprint density at radius 1 is 1.36 bits per heavy atom. The van der Waals surface area contributed by atoms with E-state index < -0.39 is 0 Å². The van der Waals surface area contributed by atoms with Gasteiger partial charge in [-0.3, -0.25) is 4.79 Å². The highest BCUT2D eigenvalue weighted by atomic mass is 35.5. The number of benzene rings is 1. The third-order valence-corrected chi connectivity index (χ3v) is 4.77. The third-order valence-electron chi connectivity index (χ3n) is 4.49. The molecule has 1 fully saturated rings. The zero-order chi connectivity index (χ0) is 18.4. The zero-order valence-electron chi connectivity index (χ0n) is 15.6. The van der Waals surface area contributed by atoms with Gasteiger partial charge in [0, 0.05) is 11.6 Å². The molecule has 0 unspecified atom stereocenters.